The highest BCUT2D eigenvalue weighted by Crippen LogP contribution is 2.38. The summed E-state index contributed by atoms with van der Waals surface area (Å²) >= 11 is 1.38. The van der Waals surface area contributed by atoms with Gasteiger partial charge in [0.2, 0.25) is 0 Å². The minimum Gasteiger partial charge on any atom is -0.504 e. The molecule has 0 aliphatic carbocycles. The van der Waals surface area contributed by atoms with Gasteiger partial charge >= 0.3 is 5.97 Å². The highest BCUT2D eigenvalue weighted by Gasteiger charge is 2.21. The number of methoxy groups -OCH3 is 1. The molecule has 1 N–H and O–H groups in total. The monoisotopic (exact) mass is 381 g/mol. The largest absolute Gasteiger partial charge is 0.504 e. The van der Waals surface area contributed by atoms with E-state index in [9.17, 15) is 9.90 Å². The van der Waals surface area contributed by atoms with Gasteiger partial charge in [0, 0.05) is 17.2 Å². The third-order valence-electron chi connectivity index (χ3n) is 3.87. The zero-order valence-electron chi connectivity index (χ0n) is 15.0. The van der Waals surface area contributed by atoms with Crippen molar-refractivity contribution in [3.8, 4) is 22.6 Å². The Bertz CT molecular complexity index is 964. The summed E-state index contributed by atoms with van der Waals surface area (Å²) in [6.07, 6.45) is 1.63. The molecule has 1 aromatic heterocycles. The smallest absolute Gasteiger partial charge is 0.341 e. The van der Waals surface area contributed by atoms with Crippen molar-refractivity contribution in [1.82, 2.24) is 0 Å². The van der Waals surface area contributed by atoms with E-state index in [1.807, 2.05) is 35.7 Å². The van der Waals surface area contributed by atoms with Crippen LogP contribution in [0.25, 0.3) is 11.1 Å². The van der Waals surface area contributed by atoms with Gasteiger partial charge in [-0.25, -0.2) is 9.79 Å². The molecule has 0 spiro atoms. The van der Waals surface area contributed by atoms with Crippen molar-refractivity contribution in [2.45, 2.75) is 6.92 Å². The van der Waals surface area contributed by atoms with Crippen molar-refractivity contribution in [3.05, 3.63) is 65.0 Å². The number of benzene rings is 2. The fourth-order valence-electron chi connectivity index (χ4n) is 2.58. The predicted octanol–water partition coefficient (Wildman–Crippen LogP) is 5.06. The summed E-state index contributed by atoms with van der Waals surface area (Å²) in [6, 6.07) is 14.6. The summed E-state index contributed by atoms with van der Waals surface area (Å²) in [7, 11) is 1.49. The molecule has 0 radical (unpaired) electrons. The highest BCUT2D eigenvalue weighted by molar-refractivity contribution is 7.14. The third kappa shape index (κ3) is 4.17. The number of hydrogen-bond acceptors (Lipinski definition) is 6. The lowest BCUT2D eigenvalue weighted by molar-refractivity contribution is 0.0529. The van der Waals surface area contributed by atoms with Crippen LogP contribution in [0.3, 0.4) is 0 Å². The number of phenolic OH excluding ortho intramolecular Hbond substituents is 1. The van der Waals surface area contributed by atoms with Crippen LogP contribution in [0.4, 0.5) is 5.00 Å². The van der Waals surface area contributed by atoms with Crippen molar-refractivity contribution in [2.24, 2.45) is 4.99 Å². The number of esters is 1. The Morgan fingerprint density at radius 3 is 2.70 bits per heavy atom. The fraction of sp³-hybridized carbons (Fsp3) is 0.143. The number of nitrogens with zero attached hydrogens (tertiary/aromatic N) is 1. The molecule has 0 aliphatic heterocycles. The lowest BCUT2D eigenvalue weighted by atomic mass is 10.0. The van der Waals surface area contributed by atoms with E-state index in [0.29, 0.717) is 22.9 Å². The molecule has 0 bridgehead atoms. The molecule has 27 heavy (non-hydrogen) atoms. The molecule has 3 rings (SSSR count). The first-order valence-electron chi connectivity index (χ1n) is 8.39. The SMILES string of the molecule is CCOC(=O)c1c(-c2ccccc2)csc1N=Cc1ccc(O)c(OC)c1. The van der Waals surface area contributed by atoms with E-state index < -0.39 is 5.97 Å². The topological polar surface area (TPSA) is 68.1 Å². The van der Waals surface area contributed by atoms with E-state index in [1.54, 1.807) is 25.3 Å². The molecule has 0 saturated carbocycles. The van der Waals surface area contributed by atoms with E-state index in [0.717, 1.165) is 16.7 Å². The first-order chi connectivity index (χ1) is 13.1. The van der Waals surface area contributed by atoms with Crippen LogP contribution in [0.15, 0.2) is 58.9 Å². The molecule has 5 nitrogen and oxygen atoms in total. The third-order valence-corrected chi connectivity index (χ3v) is 4.76. The van der Waals surface area contributed by atoms with E-state index in [1.165, 1.54) is 24.5 Å². The Morgan fingerprint density at radius 1 is 1.22 bits per heavy atom. The molecule has 0 aliphatic rings. The zero-order valence-corrected chi connectivity index (χ0v) is 15.8. The quantitative estimate of drug-likeness (QED) is 0.479. The van der Waals surface area contributed by atoms with Crippen LogP contribution in [0.2, 0.25) is 0 Å². The zero-order chi connectivity index (χ0) is 19.2. The molecule has 0 saturated heterocycles. The van der Waals surface area contributed by atoms with Gasteiger partial charge in [0.15, 0.2) is 11.5 Å². The maximum atomic E-state index is 12.5. The molecule has 2 aromatic carbocycles. The maximum Gasteiger partial charge on any atom is 0.341 e. The Kier molecular flexibility index (Phi) is 5.88. The predicted molar refractivity (Wildman–Crippen MR) is 108 cm³/mol. The van der Waals surface area contributed by atoms with Crippen LogP contribution in [0.1, 0.15) is 22.8 Å². The molecule has 3 aromatic rings. The van der Waals surface area contributed by atoms with E-state index >= 15 is 0 Å². The number of ether oxygens (including phenoxy) is 2. The summed E-state index contributed by atoms with van der Waals surface area (Å²) in [6.45, 7) is 2.07. The molecule has 1 heterocycles. The van der Waals surface area contributed by atoms with Crippen molar-refractivity contribution in [1.29, 1.82) is 0 Å². The van der Waals surface area contributed by atoms with Crippen LogP contribution < -0.4 is 4.74 Å². The molecular formula is C21H19NO4S. The maximum absolute atomic E-state index is 12.5. The van der Waals surface area contributed by atoms with E-state index in [2.05, 4.69) is 4.99 Å². The van der Waals surface area contributed by atoms with Gasteiger partial charge in [0.1, 0.15) is 10.6 Å². The van der Waals surface area contributed by atoms with Crippen LogP contribution in [0, 0.1) is 0 Å². The second-order valence-electron chi connectivity index (χ2n) is 5.61. The number of hydrogen-bond donors (Lipinski definition) is 1. The molecule has 0 fully saturated rings. The van der Waals surface area contributed by atoms with Crippen LogP contribution >= 0.6 is 11.3 Å². The van der Waals surface area contributed by atoms with Crippen LogP contribution in [-0.4, -0.2) is 31.0 Å². The summed E-state index contributed by atoms with van der Waals surface area (Å²) in [5.74, 6) is 0.0260. The normalized spacial score (nSPS) is 10.9. The van der Waals surface area contributed by atoms with Crippen molar-refractivity contribution >= 4 is 28.5 Å². The number of aromatic hydroxyl groups is 1. The number of carbonyl (C=O) groups is 1. The Labute approximate surface area is 161 Å². The van der Waals surface area contributed by atoms with Gasteiger partial charge in [-0.05, 0) is 36.2 Å². The van der Waals surface area contributed by atoms with Gasteiger partial charge in [-0.1, -0.05) is 30.3 Å². The van der Waals surface area contributed by atoms with Crippen molar-refractivity contribution < 1.29 is 19.4 Å². The minimum absolute atomic E-state index is 0.0596. The van der Waals surface area contributed by atoms with E-state index in [4.69, 9.17) is 9.47 Å². The van der Waals surface area contributed by atoms with Crippen molar-refractivity contribution in [3.63, 3.8) is 0 Å². The summed E-state index contributed by atoms with van der Waals surface area (Å²) in [5, 5.41) is 12.2. The number of rotatable bonds is 6. The van der Waals surface area contributed by atoms with Crippen LogP contribution in [-0.2, 0) is 4.74 Å². The molecule has 6 heteroatoms. The van der Waals surface area contributed by atoms with Gasteiger partial charge in [-0.15, -0.1) is 11.3 Å². The molecular weight excluding hydrogens is 362 g/mol. The summed E-state index contributed by atoms with van der Waals surface area (Å²) in [4.78, 5) is 17.0. The van der Waals surface area contributed by atoms with Crippen LogP contribution in [0.5, 0.6) is 11.5 Å². The minimum atomic E-state index is -0.395. The average molecular weight is 381 g/mol. The Balaban J connectivity index is 2.00. The van der Waals surface area contributed by atoms with Crippen molar-refractivity contribution in [2.75, 3.05) is 13.7 Å². The Morgan fingerprint density at radius 2 is 2.00 bits per heavy atom. The number of carbonyl (C=O) groups excluding carboxylic acids is 1. The molecule has 0 amide bonds. The van der Waals surface area contributed by atoms with Gasteiger partial charge in [-0.2, -0.15) is 0 Å². The fourth-order valence-corrected chi connectivity index (χ4v) is 3.49. The summed E-state index contributed by atoms with van der Waals surface area (Å²) in [5.41, 5.74) is 2.93. The average Bonchev–Trinajstić information content (AvgIpc) is 3.12. The second-order valence-corrected chi connectivity index (χ2v) is 6.46. The van der Waals surface area contributed by atoms with Gasteiger partial charge in [-0.3, -0.25) is 0 Å². The lowest BCUT2D eigenvalue weighted by Crippen LogP contribution is -2.05. The molecule has 0 atom stereocenters. The Hall–Kier alpha value is -3.12. The standard InChI is InChI=1S/C21H19NO4S/c1-3-26-21(24)19-16(15-7-5-4-6-8-15)13-27-20(19)22-12-14-9-10-17(23)18(11-14)25-2/h4-13,23H,3H2,1-2H3. The molecule has 138 valence electrons. The lowest BCUT2D eigenvalue weighted by Gasteiger charge is -2.06. The number of phenols is 1. The van der Waals surface area contributed by atoms with Gasteiger partial charge in [0.25, 0.3) is 0 Å². The van der Waals surface area contributed by atoms with E-state index in [-0.39, 0.29) is 5.75 Å². The first-order valence-corrected chi connectivity index (χ1v) is 9.27. The highest BCUT2D eigenvalue weighted by atomic mass is 32.1. The summed E-state index contributed by atoms with van der Waals surface area (Å²) < 4.78 is 10.3. The van der Waals surface area contributed by atoms with Gasteiger partial charge < -0.3 is 14.6 Å². The second kappa shape index (κ2) is 8.51. The first kappa shape index (κ1) is 18.7. The van der Waals surface area contributed by atoms with Gasteiger partial charge in [0.05, 0.1) is 13.7 Å². The number of thiophene rings is 1. The molecule has 0 unspecified atom stereocenters. The number of aliphatic imine (C=N–C) groups is 1.